The van der Waals surface area contributed by atoms with E-state index in [0.717, 1.165) is 5.92 Å². The molecule has 9 heavy (non-hydrogen) atoms. The highest BCUT2D eigenvalue weighted by molar-refractivity contribution is 4.51. The van der Waals surface area contributed by atoms with Gasteiger partial charge >= 0.3 is 0 Å². The van der Waals surface area contributed by atoms with Crippen LogP contribution in [-0.2, 0) is 0 Å². The first-order valence-corrected chi connectivity index (χ1v) is 3.31. The van der Waals surface area contributed by atoms with Crippen LogP contribution in [0.3, 0.4) is 0 Å². The van der Waals surface area contributed by atoms with Gasteiger partial charge in [0.2, 0.25) is 0 Å². The summed E-state index contributed by atoms with van der Waals surface area (Å²) in [5.74, 6) is 0.852. The Morgan fingerprint density at radius 2 is 1.78 bits per heavy atom. The Bertz CT molecular complexity index is 50.5. The van der Waals surface area contributed by atoms with Crippen molar-refractivity contribution in [2.75, 3.05) is 20.6 Å². The van der Waals surface area contributed by atoms with E-state index in [4.69, 9.17) is 0 Å². The minimum absolute atomic E-state index is 0. The summed E-state index contributed by atoms with van der Waals surface area (Å²) in [6, 6.07) is 0. The van der Waals surface area contributed by atoms with Gasteiger partial charge in [0.05, 0.1) is 0 Å². The van der Waals surface area contributed by atoms with Gasteiger partial charge in [-0.2, -0.15) is 0 Å². The van der Waals surface area contributed by atoms with Crippen LogP contribution in [0.15, 0.2) is 0 Å². The smallest absolute Gasteiger partial charge is 0.0000818 e. The van der Waals surface area contributed by atoms with Crippen LogP contribution in [0.25, 0.3) is 0 Å². The lowest BCUT2D eigenvalue weighted by Gasteiger charge is -2.13. The quantitative estimate of drug-likeness (QED) is 0.567. The van der Waals surface area contributed by atoms with Gasteiger partial charge in [-0.3, -0.25) is 0 Å². The third-order valence-corrected chi connectivity index (χ3v) is 1.37. The number of hydrogen-bond donors (Lipinski definition) is 0. The predicted molar refractivity (Wildman–Crippen MR) is 44.7 cm³/mol. The molecule has 0 radical (unpaired) electrons. The fraction of sp³-hybridized carbons (Fsp3) is 1.00. The molecule has 0 heterocycles. The molecule has 0 saturated carbocycles. The maximum Gasteiger partial charge on any atom is 0.0000818 e. The molecule has 1 atom stereocenters. The van der Waals surface area contributed by atoms with Crippen LogP contribution in [0.5, 0.6) is 0 Å². The van der Waals surface area contributed by atoms with Gasteiger partial charge in [0.1, 0.15) is 0 Å². The highest BCUT2D eigenvalue weighted by Gasteiger charge is 1.97. The predicted octanol–water partition coefficient (Wildman–Crippen LogP) is 2.23. The summed E-state index contributed by atoms with van der Waals surface area (Å²) in [5.41, 5.74) is 0. The first-order chi connectivity index (χ1) is 3.66. The van der Waals surface area contributed by atoms with E-state index < -0.39 is 0 Å². The second-order valence-electron chi connectivity index (χ2n) is 2.78. The van der Waals surface area contributed by atoms with Crippen LogP contribution < -0.4 is 0 Å². The third kappa shape index (κ3) is 7.96. The molecule has 58 valence electrons. The number of hydrogen-bond acceptors (Lipinski definition) is 1. The van der Waals surface area contributed by atoms with Gasteiger partial charge in [-0.1, -0.05) is 27.7 Å². The monoisotopic (exact) mass is 131 g/mol. The Labute approximate surface area is 60.1 Å². The molecule has 0 aliphatic carbocycles. The highest BCUT2D eigenvalue weighted by Crippen LogP contribution is 1.99. The lowest BCUT2D eigenvalue weighted by molar-refractivity contribution is 0.334. The van der Waals surface area contributed by atoms with Crippen LogP contribution in [0.4, 0.5) is 0 Å². The van der Waals surface area contributed by atoms with E-state index in [1.54, 1.807) is 0 Å². The SMILES string of the molecule is C.CCC(C)CN(C)C. The summed E-state index contributed by atoms with van der Waals surface area (Å²) in [6.07, 6.45) is 1.29. The van der Waals surface area contributed by atoms with Gasteiger partial charge < -0.3 is 4.90 Å². The fourth-order valence-electron chi connectivity index (χ4n) is 0.752. The molecular formula is C8H21N. The van der Waals surface area contributed by atoms with Crippen molar-refractivity contribution in [1.29, 1.82) is 0 Å². The van der Waals surface area contributed by atoms with E-state index in [1.165, 1.54) is 13.0 Å². The average Bonchev–Trinajstić information content (AvgIpc) is 1.65. The van der Waals surface area contributed by atoms with Crippen LogP contribution >= 0.6 is 0 Å². The van der Waals surface area contributed by atoms with Crippen molar-refractivity contribution in [2.24, 2.45) is 5.92 Å². The average molecular weight is 131 g/mol. The second-order valence-corrected chi connectivity index (χ2v) is 2.78. The number of nitrogens with zero attached hydrogens (tertiary/aromatic N) is 1. The third-order valence-electron chi connectivity index (χ3n) is 1.37. The highest BCUT2D eigenvalue weighted by atomic mass is 15.0. The van der Waals surface area contributed by atoms with Crippen LogP contribution in [0.1, 0.15) is 27.7 Å². The molecule has 0 saturated heterocycles. The molecule has 0 aliphatic rings. The molecule has 0 amide bonds. The van der Waals surface area contributed by atoms with Crippen molar-refractivity contribution >= 4 is 0 Å². The Kier molecular flexibility index (Phi) is 7.92. The molecule has 1 nitrogen and oxygen atoms in total. The largest absolute Gasteiger partial charge is 0.309 e. The maximum atomic E-state index is 2.28. The van der Waals surface area contributed by atoms with Crippen molar-refractivity contribution in [3.8, 4) is 0 Å². The zero-order chi connectivity index (χ0) is 6.57. The van der Waals surface area contributed by atoms with Gasteiger partial charge in [0, 0.05) is 6.54 Å². The summed E-state index contributed by atoms with van der Waals surface area (Å²) in [7, 11) is 4.23. The lowest BCUT2D eigenvalue weighted by atomic mass is 10.1. The molecule has 0 N–H and O–H groups in total. The zero-order valence-electron chi connectivity index (χ0n) is 6.44. The molecule has 0 fully saturated rings. The molecule has 0 aromatic rings. The summed E-state index contributed by atoms with van der Waals surface area (Å²) in [6.45, 7) is 5.73. The van der Waals surface area contributed by atoms with Crippen molar-refractivity contribution in [1.82, 2.24) is 4.90 Å². The minimum Gasteiger partial charge on any atom is -0.309 e. The molecule has 0 rings (SSSR count). The maximum absolute atomic E-state index is 2.28. The second kappa shape index (κ2) is 6.09. The molecule has 0 aliphatic heterocycles. The van der Waals surface area contributed by atoms with Gasteiger partial charge in [-0.05, 0) is 20.0 Å². The van der Waals surface area contributed by atoms with Crippen molar-refractivity contribution < 1.29 is 0 Å². The lowest BCUT2D eigenvalue weighted by Crippen LogP contribution is -2.18. The van der Waals surface area contributed by atoms with Gasteiger partial charge in [-0.15, -0.1) is 0 Å². The first kappa shape index (κ1) is 11.7. The minimum atomic E-state index is 0. The molecule has 1 unspecified atom stereocenters. The summed E-state index contributed by atoms with van der Waals surface area (Å²) >= 11 is 0. The standard InChI is InChI=1S/C7H17N.CH4/c1-5-7(2)6-8(3)4;/h7H,5-6H2,1-4H3;1H4. The fourth-order valence-corrected chi connectivity index (χ4v) is 0.752. The zero-order valence-corrected chi connectivity index (χ0v) is 6.44. The van der Waals surface area contributed by atoms with E-state index in [-0.39, 0.29) is 7.43 Å². The van der Waals surface area contributed by atoms with Crippen LogP contribution in [0.2, 0.25) is 0 Å². The molecule has 0 aromatic heterocycles. The number of rotatable bonds is 3. The van der Waals surface area contributed by atoms with Crippen molar-refractivity contribution in [2.45, 2.75) is 27.7 Å². The first-order valence-electron chi connectivity index (χ1n) is 3.31. The summed E-state index contributed by atoms with van der Waals surface area (Å²) < 4.78 is 0. The van der Waals surface area contributed by atoms with Gasteiger partial charge in [-0.25, -0.2) is 0 Å². The Hall–Kier alpha value is -0.0400. The van der Waals surface area contributed by atoms with E-state index in [1.807, 2.05) is 0 Å². The van der Waals surface area contributed by atoms with Crippen LogP contribution in [0, 0.1) is 5.92 Å². The topological polar surface area (TPSA) is 3.24 Å². The van der Waals surface area contributed by atoms with E-state index >= 15 is 0 Å². The Balaban J connectivity index is 0. The Morgan fingerprint density at radius 3 is 1.89 bits per heavy atom. The summed E-state index contributed by atoms with van der Waals surface area (Å²) in [5, 5.41) is 0. The molecule has 0 spiro atoms. The van der Waals surface area contributed by atoms with E-state index in [9.17, 15) is 0 Å². The van der Waals surface area contributed by atoms with Gasteiger partial charge in [0.15, 0.2) is 0 Å². The van der Waals surface area contributed by atoms with E-state index in [2.05, 4.69) is 32.8 Å². The molecule has 1 heteroatoms. The van der Waals surface area contributed by atoms with Crippen LogP contribution in [-0.4, -0.2) is 25.5 Å². The van der Waals surface area contributed by atoms with Crippen molar-refractivity contribution in [3.63, 3.8) is 0 Å². The van der Waals surface area contributed by atoms with Gasteiger partial charge in [0.25, 0.3) is 0 Å². The molecular weight excluding hydrogens is 110 g/mol. The summed E-state index contributed by atoms with van der Waals surface area (Å²) in [4.78, 5) is 2.23. The Morgan fingerprint density at radius 1 is 1.33 bits per heavy atom. The van der Waals surface area contributed by atoms with E-state index in [0.29, 0.717) is 0 Å². The molecule has 0 bridgehead atoms. The molecule has 0 aromatic carbocycles. The van der Waals surface area contributed by atoms with Crippen molar-refractivity contribution in [3.05, 3.63) is 0 Å². The normalized spacial score (nSPS) is 13.0.